The molecule has 0 bridgehead atoms. The van der Waals surface area contributed by atoms with Crippen molar-refractivity contribution in [1.82, 2.24) is 10.6 Å². The van der Waals surface area contributed by atoms with Gasteiger partial charge in [0.25, 0.3) is 0 Å². The Bertz CT molecular complexity index is 763. The summed E-state index contributed by atoms with van der Waals surface area (Å²) in [5.41, 5.74) is 1.83. The van der Waals surface area contributed by atoms with Crippen LogP contribution in [0.15, 0.2) is 35.5 Å². The van der Waals surface area contributed by atoms with Gasteiger partial charge in [-0.1, -0.05) is 31.4 Å². The molecule has 2 fully saturated rings. The lowest BCUT2D eigenvalue weighted by Crippen LogP contribution is -2.46. The van der Waals surface area contributed by atoms with Crippen LogP contribution >= 0.6 is 0 Å². The van der Waals surface area contributed by atoms with Crippen LogP contribution in [0.5, 0.6) is 5.75 Å². The van der Waals surface area contributed by atoms with Gasteiger partial charge in [0.2, 0.25) is 0 Å². The zero-order chi connectivity index (χ0) is 18.8. The molecular formula is C21H26N2O4. The monoisotopic (exact) mass is 370 g/mol. The fraction of sp³-hybridized carbons (Fsp3) is 0.524. The van der Waals surface area contributed by atoms with Crippen LogP contribution < -0.4 is 10.6 Å². The van der Waals surface area contributed by atoms with Gasteiger partial charge in [-0.2, -0.15) is 0 Å². The Morgan fingerprint density at radius 2 is 1.93 bits per heavy atom. The molecule has 1 aliphatic heterocycles. The molecule has 6 nitrogen and oxygen atoms in total. The Kier molecular flexibility index (Phi) is 5.05. The van der Waals surface area contributed by atoms with Crippen LogP contribution in [-0.2, 0) is 9.53 Å². The van der Waals surface area contributed by atoms with Crippen LogP contribution in [0.4, 0.5) is 4.79 Å². The lowest BCUT2D eigenvalue weighted by Gasteiger charge is -2.30. The molecule has 2 amide bonds. The Hall–Kier alpha value is -2.50. The molecule has 6 heteroatoms. The number of esters is 1. The topological polar surface area (TPSA) is 87.7 Å². The van der Waals surface area contributed by atoms with E-state index in [9.17, 15) is 14.7 Å². The highest BCUT2D eigenvalue weighted by atomic mass is 16.5. The summed E-state index contributed by atoms with van der Waals surface area (Å²) in [5.74, 6) is 0.359. The summed E-state index contributed by atoms with van der Waals surface area (Å²) in [6.07, 6.45) is 7.78. The highest BCUT2D eigenvalue weighted by Crippen LogP contribution is 2.41. The van der Waals surface area contributed by atoms with Gasteiger partial charge in [0.15, 0.2) is 0 Å². The number of phenolic OH excluding ortho intramolecular Hbond substituents is 1. The van der Waals surface area contributed by atoms with Gasteiger partial charge in [0.1, 0.15) is 5.75 Å². The smallest absolute Gasteiger partial charge is 0.338 e. The number of urea groups is 1. The van der Waals surface area contributed by atoms with E-state index in [0.717, 1.165) is 25.7 Å². The highest BCUT2D eigenvalue weighted by Gasteiger charge is 2.40. The fourth-order valence-electron chi connectivity index (χ4n) is 4.09. The van der Waals surface area contributed by atoms with E-state index in [2.05, 4.69) is 10.6 Å². The normalized spacial score (nSPS) is 23.6. The minimum atomic E-state index is -0.611. The van der Waals surface area contributed by atoms with Crippen LogP contribution in [0.1, 0.15) is 56.6 Å². The van der Waals surface area contributed by atoms with Gasteiger partial charge in [0.05, 0.1) is 18.2 Å². The zero-order valence-corrected chi connectivity index (χ0v) is 15.4. The molecule has 0 aromatic heterocycles. The average Bonchev–Trinajstić information content (AvgIpc) is 3.51. The van der Waals surface area contributed by atoms with Crippen LogP contribution in [0.2, 0.25) is 0 Å². The Balaban J connectivity index is 1.60. The Labute approximate surface area is 159 Å². The van der Waals surface area contributed by atoms with Crippen molar-refractivity contribution in [2.75, 3.05) is 6.61 Å². The average molecular weight is 370 g/mol. The van der Waals surface area contributed by atoms with Gasteiger partial charge < -0.3 is 20.5 Å². The minimum absolute atomic E-state index is 0.100. The molecule has 1 atom stereocenters. The van der Waals surface area contributed by atoms with Crippen LogP contribution in [-0.4, -0.2) is 23.7 Å². The number of hydrogen-bond acceptors (Lipinski definition) is 4. The number of aromatic hydroxyl groups is 1. The Morgan fingerprint density at radius 3 is 2.63 bits per heavy atom. The molecular weight excluding hydrogens is 344 g/mol. The summed E-state index contributed by atoms with van der Waals surface area (Å²) in [5, 5.41) is 15.5. The van der Waals surface area contributed by atoms with Gasteiger partial charge >= 0.3 is 12.0 Å². The van der Waals surface area contributed by atoms with E-state index in [4.69, 9.17) is 4.74 Å². The second kappa shape index (κ2) is 7.62. The highest BCUT2D eigenvalue weighted by molar-refractivity contribution is 5.95. The van der Waals surface area contributed by atoms with E-state index in [1.54, 1.807) is 24.3 Å². The molecule has 4 rings (SSSR count). The van der Waals surface area contributed by atoms with Crippen molar-refractivity contribution in [3.05, 3.63) is 41.1 Å². The predicted octanol–water partition coefficient (Wildman–Crippen LogP) is 3.53. The van der Waals surface area contributed by atoms with E-state index in [-0.39, 0.29) is 23.7 Å². The first-order chi connectivity index (χ1) is 13.1. The lowest BCUT2D eigenvalue weighted by molar-refractivity contribution is -0.141. The molecule has 1 aromatic carbocycles. The van der Waals surface area contributed by atoms with E-state index in [1.165, 1.54) is 19.3 Å². The molecule has 0 spiro atoms. The standard InChI is InChI=1S/C21H26N2O4/c24-16-8-4-7-15(11-16)19-17(18(14-9-10-14)22-21(26)23-19)20(25)27-12-13-5-2-1-3-6-13/h4,7-8,11,13-14,19,24H,1-3,5-6,9-10,12H2,(H2,22,23,26). The molecule has 2 saturated carbocycles. The first-order valence-electron chi connectivity index (χ1n) is 9.89. The Morgan fingerprint density at radius 1 is 1.15 bits per heavy atom. The number of amides is 2. The number of allylic oxidation sites excluding steroid dienone is 1. The number of nitrogens with one attached hydrogen (secondary N) is 2. The van der Waals surface area contributed by atoms with Crippen molar-refractivity contribution in [1.29, 1.82) is 0 Å². The number of hydrogen-bond donors (Lipinski definition) is 3. The predicted molar refractivity (Wildman–Crippen MR) is 99.8 cm³/mol. The van der Waals surface area contributed by atoms with Crippen molar-refractivity contribution in [3.8, 4) is 5.75 Å². The summed E-state index contributed by atoms with van der Waals surface area (Å²) < 4.78 is 5.70. The fourth-order valence-corrected chi connectivity index (χ4v) is 4.09. The molecule has 1 heterocycles. The molecule has 0 radical (unpaired) electrons. The van der Waals surface area contributed by atoms with Gasteiger partial charge in [-0.25, -0.2) is 9.59 Å². The summed E-state index contributed by atoms with van der Waals surface area (Å²) in [6.45, 7) is 0.432. The van der Waals surface area contributed by atoms with Crippen molar-refractivity contribution < 1.29 is 19.4 Å². The quantitative estimate of drug-likeness (QED) is 0.692. The van der Waals surface area contributed by atoms with Crippen LogP contribution in [0, 0.1) is 11.8 Å². The first-order valence-corrected chi connectivity index (χ1v) is 9.89. The van der Waals surface area contributed by atoms with E-state index >= 15 is 0 Å². The zero-order valence-electron chi connectivity index (χ0n) is 15.4. The summed E-state index contributed by atoms with van der Waals surface area (Å²) in [4.78, 5) is 25.2. The number of carbonyl (C=O) groups is 2. The van der Waals surface area contributed by atoms with Crippen molar-refractivity contribution in [3.63, 3.8) is 0 Å². The molecule has 144 valence electrons. The second-order valence-corrected chi connectivity index (χ2v) is 7.83. The van der Waals surface area contributed by atoms with Gasteiger partial charge in [-0.05, 0) is 55.2 Å². The number of ether oxygens (including phenoxy) is 1. The number of benzene rings is 1. The number of carbonyl (C=O) groups excluding carboxylic acids is 2. The maximum absolute atomic E-state index is 13.0. The van der Waals surface area contributed by atoms with Gasteiger partial charge in [-0.15, -0.1) is 0 Å². The largest absolute Gasteiger partial charge is 0.508 e. The van der Waals surface area contributed by atoms with Crippen molar-refractivity contribution >= 4 is 12.0 Å². The van der Waals surface area contributed by atoms with E-state index in [0.29, 0.717) is 29.4 Å². The minimum Gasteiger partial charge on any atom is -0.508 e. The molecule has 0 saturated heterocycles. The third kappa shape index (κ3) is 4.10. The summed E-state index contributed by atoms with van der Waals surface area (Å²) >= 11 is 0. The maximum Gasteiger partial charge on any atom is 0.338 e. The SMILES string of the molecule is O=C1NC(C2CC2)=C(C(=O)OCC2CCCCC2)C(c2cccc(O)c2)N1. The van der Waals surface area contributed by atoms with E-state index < -0.39 is 6.04 Å². The summed E-state index contributed by atoms with van der Waals surface area (Å²) in [6, 6.07) is 5.72. The van der Waals surface area contributed by atoms with E-state index in [1.807, 2.05) is 0 Å². The number of rotatable bonds is 5. The van der Waals surface area contributed by atoms with Crippen LogP contribution in [0.25, 0.3) is 0 Å². The molecule has 27 heavy (non-hydrogen) atoms. The molecule has 2 aliphatic carbocycles. The third-order valence-corrected chi connectivity index (χ3v) is 5.69. The lowest BCUT2D eigenvalue weighted by atomic mass is 9.90. The third-order valence-electron chi connectivity index (χ3n) is 5.69. The number of phenols is 1. The van der Waals surface area contributed by atoms with Gasteiger partial charge in [-0.3, -0.25) is 0 Å². The van der Waals surface area contributed by atoms with Crippen molar-refractivity contribution in [2.24, 2.45) is 11.8 Å². The molecule has 1 unspecified atom stereocenters. The van der Waals surface area contributed by atoms with Crippen LogP contribution in [0.3, 0.4) is 0 Å². The first kappa shape index (κ1) is 17.9. The second-order valence-electron chi connectivity index (χ2n) is 7.83. The molecule has 3 aliphatic rings. The maximum atomic E-state index is 13.0. The van der Waals surface area contributed by atoms with Crippen molar-refractivity contribution in [2.45, 2.75) is 51.0 Å². The molecule has 1 aromatic rings. The van der Waals surface area contributed by atoms with Gasteiger partial charge in [0, 0.05) is 5.70 Å². The summed E-state index contributed by atoms with van der Waals surface area (Å²) in [7, 11) is 0. The molecule has 3 N–H and O–H groups in total.